The van der Waals surface area contributed by atoms with Gasteiger partial charge in [0.15, 0.2) is 0 Å². The standard InChI is InChI=1S/C18H16Cl2N2O2/c1-10-3-6-16(11(2)7-10)22-17(23)9-15(18(22)24)21-14-5-4-12(19)8-13(14)20/h3-8,15,21H,9H2,1-2H3/t15-/m1/s1. The molecule has 0 unspecified atom stereocenters. The quantitative estimate of drug-likeness (QED) is 0.825. The molecule has 1 heterocycles. The molecular weight excluding hydrogens is 347 g/mol. The molecule has 0 aromatic heterocycles. The zero-order chi connectivity index (χ0) is 17.4. The zero-order valence-corrected chi connectivity index (χ0v) is 14.8. The Morgan fingerprint density at radius 2 is 1.83 bits per heavy atom. The Bertz CT molecular complexity index is 836. The minimum absolute atomic E-state index is 0.0884. The number of benzene rings is 2. The number of nitrogens with one attached hydrogen (secondary N) is 1. The maximum absolute atomic E-state index is 12.7. The van der Waals surface area contributed by atoms with E-state index in [0.29, 0.717) is 21.4 Å². The molecule has 1 aliphatic rings. The van der Waals surface area contributed by atoms with Crippen molar-refractivity contribution in [3.05, 3.63) is 57.6 Å². The number of carbonyl (C=O) groups is 2. The molecule has 124 valence electrons. The summed E-state index contributed by atoms with van der Waals surface area (Å²) >= 11 is 12.0. The first kappa shape index (κ1) is 16.8. The van der Waals surface area contributed by atoms with Crippen LogP contribution in [0.15, 0.2) is 36.4 Å². The lowest BCUT2D eigenvalue weighted by Crippen LogP contribution is -2.35. The summed E-state index contributed by atoms with van der Waals surface area (Å²) in [5.74, 6) is -0.507. The topological polar surface area (TPSA) is 49.4 Å². The van der Waals surface area contributed by atoms with Gasteiger partial charge in [-0.05, 0) is 43.7 Å². The lowest BCUT2D eigenvalue weighted by Gasteiger charge is -2.18. The average molecular weight is 363 g/mol. The predicted molar refractivity (Wildman–Crippen MR) is 96.9 cm³/mol. The van der Waals surface area contributed by atoms with E-state index >= 15 is 0 Å². The van der Waals surface area contributed by atoms with E-state index in [2.05, 4.69) is 5.32 Å². The van der Waals surface area contributed by atoms with Gasteiger partial charge in [0, 0.05) is 5.02 Å². The molecule has 1 aliphatic heterocycles. The third kappa shape index (κ3) is 3.12. The number of aryl methyl sites for hydroxylation is 2. The Morgan fingerprint density at radius 3 is 2.50 bits per heavy atom. The Hall–Kier alpha value is -2.04. The molecule has 1 atom stereocenters. The van der Waals surface area contributed by atoms with Crippen LogP contribution in [-0.2, 0) is 9.59 Å². The highest BCUT2D eigenvalue weighted by molar-refractivity contribution is 6.36. The first-order valence-corrected chi connectivity index (χ1v) is 8.28. The van der Waals surface area contributed by atoms with Crippen LogP contribution in [0.1, 0.15) is 17.5 Å². The highest BCUT2D eigenvalue weighted by Crippen LogP contribution is 2.31. The molecule has 0 saturated carbocycles. The van der Waals surface area contributed by atoms with Gasteiger partial charge < -0.3 is 5.32 Å². The molecule has 2 aromatic rings. The Morgan fingerprint density at radius 1 is 1.08 bits per heavy atom. The number of hydrogen-bond donors (Lipinski definition) is 1. The van der Waals surface area contributed by atoms with E-state index in [1.54, 1.807) is 24.3 Å². The number of nitrogens with zero attached hydrogens (tertiary/aromatic N) is 1. The van der Waals surface area contributed by atoms with Gasteiger partial charge in [-0.3, -0.25) is 9.59 Å². The number of amides is 2. The van der Waals surface area contributed by atoms with Crippen LogP contribution in [0.25, 0.3) is 0 Å². The maximum atomic E-state index is 12.7. The van der Waals surface area contributed by atoms with Gasteiger partial charge in [0.1, 0.15) is 6.04 Å². The van der Waals surface area contributed by atoms with Crippen molar-refractivity contribution in [2.45, 2.75) is 26.3 Å². The molecule has 3 rings (SSSR count). The fourth-order valence-corrected chi connectivity index (χ4v) is 3.31. The van der Waals surface area contributed by atoms with Gasteiger partial charge in [0.05, 0.1) is 22.8 Å². The summed E-state index contributed by atoms with van der Waals surface area (Å²) in [6, 6.07) is 9.97. The second-order valence-electron chi connectivity index (χ2n) is 5.88. The van der Waals surface area contributed by atoms with Crippen LogP contribution in [-0.4, -0.2) is 17.9 Å². The van der Waals surface area contributed by atoms with E-state index in [4.69, 9.17) is 23.2 Å². The molecule has 1 saturated heterocycles. The van der Waals surface area contributed by atoms with Crippen LogP contribution < -0.4 is 10.2 Å². The summed E-state index contributed by atoms with van der Waals surface area (Å²) < 4.78 is 0. The van der Waals surface area contributed by atoms with Gasteiger partial charge in [-0.1, -0.05) is 40.9 Å². The second-order valence-corrected chi connectivity index (χ2v) is 6.73. The van der Waals surface area contributed by atoms with E-state index in [-0.39, 0.29) is 18.2 Å². The summed E-state index contributed by atoms with van der Waals surface area (Å²) in [5, 5.41) is 3.96. The SMILES string of the molecule is Cc1ccc(N2C(=O)C[C@@H](Nc3ccc(Cl)cc3Cl)C2=O)c(C)c1. The smallest absolute Gasteiger partial charge is 0.256 e. The van der Waals surface area contributed by atoms with E-state index in [1.807, 2.05) is 26.0 Å². The molecule has 6 heteroatoms. The molecule has 4 nitrogen and oxygen atoms in total. The van der Waals surface area contributed by atoms with E-state index in [9.17, 15) is 9.59 Å². The Labute approximate surface area is 150 Å². The van der Waals surface area contributed by atoms with Gasteiger partial charge in [0.2, 0.25) is 5.91 Å². The summed E-state index contributed by atoms with van der Waals surface area (Å²) in [6.45, 7) is 3.86. The molecule has 0 radical (unpaired) electrons. The normalized spacial score (nSPS) is 17.5. The highest BCUT2D eigenvalue weighted by Gasteiger charge is 2.40. The second kappa shape index (κ2) is 6.46. The van der Waals surface area contributed by atoms with Gasteiger partial charge >= 0.3 is 0 Å². The van der Waals surface area contributed by atoms with E-state index in [0.717, 1.165) is 11.1 Å². The predicted octanol–water partition coefficient (Wildman–Crippen LogP) is 4.35. The summed E-state index contributed by atoms with van der Waals surface area (Å²) in [7, 11) is 0. The van der Waals surface area contributed by atoms with E-state index < -0.39 is 6.04 Å². The highest BCUT2D eigenvalue weighted by atomic mass is 35.5. The number of rotatable bonds is 3. The summed E-state index contributed by atoms with van der Waals surface area (Å²) in [4.78, 5) is 26.3. The molecule has 1 N–H and O–H groups in total. The minimum Gasteiger partial charge on any atom is -0.372 e. The van der Waals surface area contributed by atoms with Crippen molar-refractivity contribution in [2.75, 3.05) is 10.2 Å². The van der Waals surface area contributed by atoms with Crippen molar-refractivity contribution in [1.29, 1.82) is 0 Å². The molecule has 2 aromatic carbocycles. The molecule has 0 spiro atoms. The van der Waals surface area contributed by atoms with Crippen LogP contribution in [0.2, 0.25) is 10.0 Å². The number of imide groups is 1. The van der Waals surface area contributed by atoms with Gasteiger partial charge in [-0.15, -0.1) is 0 Å². The first-order valence-electron chi connectivity index (χ1n) is 7.52. The number of hydrogen-bond acceptors (Lipinski definition) is 3. The van der Waals surface area contributed by atoms with Crippen LogP contribution in [0.5, 0.6) is 0 Å². The van der Waals surface area contributed by atoms with Gasteiger partial charge in [0.25, 0.3) is 5.91 Å². The molecule has 24 heavy (non-hydrogen) atoms. The molecule has 0 bridgehead atoms. The monoisotopic (exact) mass is 362 g/mol. The fourth-order valence-electron chi connectivity index (χ4n) is 2.85. The van der Waals surface area contributed by atoms with Crippen LogP contribution >= 0.6 is 23.2 Å². The minimum atomic E-state index is -0.642. The first-order chi connectivity index (χ1) is 11.4. The number of carbonyl (C=O) groups excluding carboxylic acids is 2. The van der Waals surface area contributed by atoms with Crippen LogP contribution in [0.3, 0.4) is 0 Å². The summed E-state index contributed by atoms with van der Waals surface area (Å²) in [5.41, 5.74) is 3.18. The third-order valence-electron chi connectivity index (χ3n) is 4.00. The molecular formula is C18H16Cl2N2O2. The molecule has 1 fully saturated rings. The molecule has 0 aliphatic carbocycles. The molecule has 2 amide bonds. The number of halogens is 2. The largest absolute Gasteiger partial charge is 0.372 e. The number of anilines is 2. The average Bonchev–Trinajstić information content (AvgIpc) is 2.77. The Kier molecular flexibility index (Phi) is 4.52. The van der Waals surface area contributed by atoms with Crippen molar-refractivity contribution in [1.82, 2.24) is 0 Å². The maximum Gasteiger partial charge on any atom is 0.256 e. The Balaban J connectivity index is 1.86. The van der Waals surface area contributed by atoms with Crippen LogP contribution in [0, 0.1) is 13.8 Å². The third-order valence-corrected chi connectivity index (χ3v) is 4.55. The van der Waals surface area contributed by atoms with Crippen molar-refractivity contribution in [3.8, 4) is 0 Å². The van der Waals surface area contributed by atoms with Gasteiger partial charge in [-0.2, -0.15) is 0 Å². The summed E-state index contributed by atoms with van der Waals surface area (Å²) in [6.07, 6.45) is 0.0884. The van der Waals surface area contributed by atoms with Gasteiger partial charge in [-0.25, -0.2) is 4.90 Å². The fraction of sp³-hybridized carbons (Fsp3) is 0.222. The lowest BCUT2D eigenvalue weighted by molar-refractivity contribution is -0.121. The van der Waals surface area contributed by atoms with Crippen molar-refractivity contribution in [3.63, 3.8) is 0 Å². The van der Waals surface area contributed by atoms with Crippen LogP contribution in [0.4, 0.5) is 11.4 Å². The van der Waals surface area contributed by atoms with Crippen molar-refractivity contribution >= 4 is 46.4 Å². The van der Waals surface area contributed by atoms with Crippen molar-refractivity contribution < 1.29 is 9.59 Å². The lowest BCUT2D eigenvalue weighted by atomic mass is 10.1. The zero-order valence-electron chi connectivity index (χ0n) is 13.3. The van der Waals surface area contributed by atoms with E-state index in [1.165, 1.54) is 4.90 Å². The van der Waals surface area contributed by atoms with Crippen molar-refractivity contribution in [2.24, 2.45) is 0 Å².